The third-order valence-electron chi connectivity index (χ3n) is 4.74. The monoisotopic (exact) mass is 288 g/mol. The quantitative estimate of drug-likeness (QED) is 0.904. The van der Waals surface area contributed by atoms with Gasteiger partial charge in [0.1, 0.15) is 0 Å². The van der Waals surface area contributed by atoms with Crippen molar-refractivity contribution in [3.05, 3.63) is 35.9 Å². The topological polar surface area (TPSA) is 46.3 Å². The number of nitrogens with two attached hydrogens (primary N) is 1. The minimum Gasteiger partial charge on any atom is -0.342 e. The second kappa shape index (κ2) is 7.60. The normalized spacial score (nSPS) is 21.9. The number of hydrogen-bond acceptors (Lipinski definition) is 2. The van der Waals surface area contributed by atoms with Crippen LogP contribution >= 0.6 is 0 Å². The van der Waals surface area contributed by atoms with E-state index in [4.69, 9.17) is 5.73 Å². The molecule has 0 aliphatic carbocycles. The van der Waals surface area contributed by atoms with Crippen LogP contribution in [0.3, 0.4) is 0 Å². The van der Waals surface area contributed by atoms with Crippen LogP contribution in [0.15, 0.2) is 30.3 Å². The molecule has 2 N–H and O–H groups in total. The van der Waals surface area contributed by atoms with Gasteiger partial charge in [-0.25, -0.2) is 0 Å². The van der Waals surface area contributed by atoms with E-state index in [9.17, 15) is 4.79 Å². The summed E-state index contributed by atoms with van der Waals surface area (Å²) in [5, 5.41) is 0. The van der Waals surface area contributed by atoms with Crippen molar-refractivity contribution in [3.8, 4) is 0 Å². The average molecular weight is 288 g/mol. The molecule has 3 heteroatoms. The summed E-state index contributed by atoms with van der Waals surface area (Å²) >= 11 is 0. The fourth-order valence-corrected chi connectivity index (χ4v) is 3.23. The van der Waals surface area contributed by atoms with Crippen LogP contribution in [-0.2, 0) is 4.79 Å². The molecule has 1 aliphatic heterocycles. The minimum absolute atomic E-state index is 0.177. The van der Waals surface area contributed by atoms with E-state index < -0.39 is 0 Å². The van der Waals surface area contributed by atoms with Crippen molar-refractivity contribution in [2.45, 2.75) is 51.5 Å². The van der Waals surface area contributed by atoms with Crippen molar-refractivity contribution < 1.29 is 4.79 Å². The van der Waals surface area contributed by atoms with Crippen LogP contribution in [0.5, 0.6) is 0 Å². The van der Waals surface area contributed by atoms with Crippen LogP contribution < -0.4 is 5.73 Å². The maximum absolute atomic E-state index is 12.6. The van der Waals surface area contributed by atoms with E-state index in [0.29, 0.717) is 18.3 Å². The fourth-order valence-electron chi connectivity index (χ4n) is 3.23. The molecule has 1 amide bonds. The summed E-state index contributed by atoms with van der Waals surface area (Å²) in [6, 6.07) is 10.6. The lowest BCUT2D eigenvalue weighted by Crippen LogP contribution is -2.45. The number of nitrogens with zero attached hydrogens (tertiary/aromatic N) is 1. The van der Waals surface area contributed by atoms with Crippen LogP contribution in [0.4, 0.5) is 0 Å². The Labute approximate surface area is 128 Å². The zero-order valence-electron chi connectivity index (χ0n) is 13.3. The van der Waals surface area contributed by atoms with Crippen LogP contribution in [0, 0.1) is 5.92 Å². The van der Waals surface area contributed by atoms with Gasteiger partial charge in [0.2, 0.25) is 5.91 Å². The SMILES string of the molecule is CCC(CC(=O)N1CCCC(C(C)N)C1)c1ccccc1. The molecule has 0 spiro atoms. The third-order valence-corrected chi connectivity index (χ3v) is 4.74. The first-order valence-electron chi connectivity index (χ1n) is 8.20. The second-order valence-corrected chi connectivity index (χ2v) is 6.32. The van der Waals surface area contributed by atoms with E-state index in [1.807, 2.05) is 11.0 Å². The zero-order valence-corrected chi connectivity index (χ0v) is 13.3. The van der Waals surface area contributed by atoms with Gasteiger partial charge in [-0.1, -0.05) is 37.3 Å². The standard InChI is InChI=1S/C18H28N2O/c1-3-15(16-8-5-4-6-9-16)12-18(21)20-11-7-10-17(13-20)14(2)19/h4-6,8-9,14-15,17H,3,7,10-13,19H2,1-2H3. The Bertz CT molecular complexity index is 444. The molecular weight excluding hydrogens is 260 g/mol. The molecule has 21 heavy (non-hydrogen) atoms. The summed E-state index contributed by atoms with van der Waals surface area (Å²) in [4.78, 5) is 14.6. The van der Waals surface area contributed by atoms with E-state index in [1.165, 1.54) is 5.56 Å². The largest absolute Gasteiger partial charge is 0.342 e. The van der Waals surface area contributed by atoms with E-state index in [1.54, 1.807) is 0 Å². The number of rotatable bonds is 5. The van der Waals surface area contributed by atoms with Gasteiger partial charge in [-0.15, -0.1) is 0 Å². The number of carbonyl (C=O) groups is 1. The van der Waals surface area contributed by atoms with Crippen LogP contribution in [-0.4, -0.2) is 29.9 Å². The third kappa shape index (κ3) is 4.31. The molecule has 2 rings (SSSR count). The van der Waals surface area contributed by atoms with Gasteiger partial charge >= 0.3 is 0 Å². The lowest BCUT2D eigenvalue weighted by atomic mass is 9.90. The summed E-state index contributed by atoms with van der Waals surface area (Å²) < 4.78 is 0. The summed E-state index contributed by atoms with van der Waals surface area (Å²) in [6.07, 6.45) is 3.85. The van der Waals surface area contributed by atoms with Gasteiger partial charge in [0.15, 0.2) is 0 Å². The molecule has 1 saturated heterocycles. The predicted molar refractivity (Wildman–Crippen MR) is 87.0 cm³/mol. The smallest absolute Gasteiger partial charge is 0.223 e. The Morgan fingerprint density at radius 2 is 2.10 bits per heavy atom. The first kappa shape index (κ1) is 16.0. The first-order chi connectivity index (χ1) is 10.1. The Morgan fingerprint density at radius 3 is 2.71 bits per heavy atom. The number of benzene rings is 1. The Hall–Kier alpha value is -1.35. The minimum atomic E-state index is 0.177. The molecule has 116 valence electrons. The molecule has 1 aromatic rings. The molecular formula is C18H28N2O. The number of carbonyl (C=O) groups excluding carboxylic acids is 1. The molecule has 3 atom stereocenters. The lowest BCUT2D eigenvalue weighted by Gasteiger charge is -2.35. The van der Waals surface area contributed by atoms with Crippen LogP contribution in [0.2, 0.25) is 0 Å². The fraction of sp³-hybridized carbons (Fsp3) is 0.611. The highest BCUT2D eigenvalue weighted by Gasteiger charge is 2.27. The van der Waals surface area contributed by atoms with Gasteiger partial charge in [0, 0.05) is 25.6 Å². The predicted octanol–water partition coefficient (Wildman–Crippen LogP) is 3.16. The first-order valence-corrected chi connectivity index (χ1v) is 8.20. The van der Waals surface area contributed by atoms with Gasteiger partial charge in [-0.05, 0) is 43.6 Å². The highest BCUT2D eigenvalue weighted by molar-refractivity contribution is 5.77. The summed E-state index contributed by atoms with van der Waals surface area (Å²) in [6.45, 7) is 5.94. The number of amides is 1. The number of likely N-dealkylation sites (tertiary alicyclic amines) is 1. The van der Waals surface area contributed by atoms with E-state index in [0.717, 1.165) is 32.4 Å². The van der Waals surface area contributed by atoms with Gasteiger partial charge in [0.05, 0.1) is 0 Å². The van der Waals surface area contributed by atoms with Crippen molar-refractivity contribution in [2.75, 3.05) is 13.1 Å². The average Bonchev–Trinajstić information content (AvgIpc) is 2.53. The van der Waals surface area contributed by atoms with Crippen LogP contribution in [0.1, 0.15) is 51.0 Å². The lowest BCUT2D eigenvalue weighted by molar-refractivity contribution is -0.133. The van der Waals surface area contributed by atoms with E-state index in [-0.39, 0.29) is 11.9 Å². The van der Waals surface area contributed by atoms with Crippen molar-refractivity contribution >= 4 is 5.91 Å². The molecule has 3 nitrogen and oxygen atoms in total. The van der Waals surface area contributed by atoms with Crippen molar-refractivity contribution in [1.29, 1.82) is 0 Å². The highest BCUT2D eigenvalue weighted by atomic mass is 16.2. The molecule has 1 fully saturated rings. The summed E-state index contributed by atoms with van der Waals surface area (Å²) in [7, 11) is 0. The van der Waals surface area contributed by atoms with Crippen molar-refractivity contribution in [1.82, 2.24) is 4.90 Å². The van der Waals surface area contributed by atoms with Crippen LogP contribution in [0.25, 0.3) is 0 Å². The van der Waals surface area contributed by atoms with Gasteiger partial charge in [-0.3, -0.25) is 4.79 Å². The molecule has 0 radical (unpaired) electrons. The van der Waals surface area contributed by atoms with Gasteiger partial charge < -0.3 is 10.6 Å². The summed E-state index contributed by atoms with van der Waals surface area (Å²) in [5.41, 5.74) is 7.28. The highest BCUT2D eigenvalue weighted by Crippen LogP contribution is 2.26. The maximum atomic E-state index is 12.6. The molecule has 0 aromatic heterocycles. The number of hydrogen-bond donors (Lipinski definition) is 1. The number of piperidine rings is 1. The molecule has 1 heterocycles. The molecule has 1 aromatic carbocycles. The van der Waals surface area contributed by atoms with E-state index >= 15 is 0 Å². The van der Waals surface area contributed by atoms with Crippen molar-refractivity contribution in [3.63, 3.8) is 0 Å². The van der Waals surface area contributed by atoms with E-state index in [2.05, 4.69) is 38.1 Å². The molecule has 0 saturated carbocycles. The van der Waals surface area contributed by atoms with Gasteiger partial charge in [-0.2, -0.15) is 0 Å². The maximum Gasteiger partial charge on any atom is 0.223 e. The second-order valence-electron chi connectivity index (χ2n) is 6.32. The Kier molecular flexibility index (Phi) is 5.80. The molecule has 3 unspecified atom stereocenters. The Morgan fingerprint density at radius 1 is 1.38 bits per heavy atom. The molecule has 1 aliphatic rings. The van der Waals surface area contributed by atoms with Gasteiger partial charge in [0.25, 0.3) is 0 Å². The Balaban J connectivity index is 1.96. The van der Waals surface area contributed by atoms with Crippen molar-refractivity contribution in [2.24, 2.45) is 11.7 Å². The zero-order chi connectivity index (χ0) is 15.2. The molecule has 0 bridgehead atoms. The summed E-state index contributed by atoms with van der Waals surface area (Å²) in [5.74, 6) is 1.07.